The summed E-state index contributed by atoms with van der Waals surface area (Å²) in [5, 5.41) is 41.0. The van der Waals surface area contributed by atoms with Crippen LogP contribution in [0.4, 0.5) is 0 Å². The fraction of sp³-hybridized carbons (Fsp3) is 0.111. The number of aliphatic hydroxyl groups is 1. The number of phenols is 1. The maximum absolute atomic E-state index is 13.5. The highest BCUT2D eigenvalue weighted by Gasteiger charge is 2.32. The van der Waals surface area contributed by atoms with Gasteiger partial charge in [0.1, 0.15) is 5.75 Å². The summed E-state index contributed by atoms with van der Waals surface area (Å²) < 4.78 is 5.44. The summed E-state index contributed by atoms with van der Waals surface area (Å²) in [5.41, 5.74) is 3.34. The van der Waals surface area contributed by atoms with E-state index in [1.807, 2.05) is 19.1 Å². The molecule has 9 heteroatoms. The SMILES string of the molecule is C/C(=C\Cc1cccc2c(C(=O)c3oc(C(=O)O)c(-c4c[nH]c5ccc(O)cc45)c3O)c[nH]c12)CO. The molecule has 5 aromatic rings. The van der Waals surface area contributed by atoms with E-state index in [0.717, 1.165) is 11.1 Å². The number of aromatic hydroxyl groups is 2. The molecule has 0 atom stereocenters. The summed E-state index contributed by atoms with van der Waals surface area (Å²) in [6.07, 6.45) is 5.39. The predicted octanol–water partition coefficient (Wildman–Crippen LogP) is 4.73. The number of carboxylic acid groups (broad SMARTS) is 1. The average Bonchev–Trinajstić information content (AvgIpc) is 3.57. The number of hydrogen-bond acceptors (Lipinski definition) is 6. The van der Waals surface area contributed by atoms with Crippen LogP contribution in [0.1, 0.15) is 39.2 Å². The van der Waals surface area contributed by atoms with Gasteiger partial charge in [-0.1, -0.05) is 29.8 Å². The molecule has 6 N–H and O–H groups in total. The van der Waals surface area contributed by atoms with Gasteiger partial charge in [0.15, 0.2) is 5.75 Å². The minimum Gasteiger partial charge on any atom is -0.508 e. The molecule has 2 aromatic carbocycles. The number of benzene rings is 2. The van der Waals surface area contributed by atoms with Crippen molar-refractivity contribution in [2.45, 2.75) is 13.3 Å². The Morgan fingerprint density at radius 2 is 1.83 bits per heavy atom. The van der Waals surface area contributed by atoms with Crippen LogP contribution in [0.2, 0.25) is 0 Å². The molecule has 5 rings (SSSR count). The Balaban J connectivity index is 1.63. The van der Waals surface area contributed by atoms with E-state index >= 15 is 0 Å². The lowest BCUT2D eigenvalue weighted by Crippen LogP contribution is -1.99. The predicted molar refractivity (Wildman–Crippen MR) is 133 cm³/mol. The molecule has 0 bridgehead atoms. The van der Waals surface area contributed by atoms with Crippen molar-refractivity contribution in [2.75, 3.05) is 6.61 Å². The Bertz CT molecular complexity index is 1680. The van der Waals surface area contributed by atoms with Crippen molar-refractivity contribution in [3.8, 4) is 22.6 Å². The van der Waals surface area contributed by atoms with Gasteiger partial charge in [0, 0.05) is 39.8 Å². The molecule has 9 nitrogen and oxygen atoms in total. The standard InChI is InChI=1S/C27H22N2O7/c1-13(12-30)5-6-14-3-2-4-16-19(11-29-22(14)16)23(32)26-24(33)21(25(36-26)27(34)35)18-10-28-20-8-7-15(31)9-17(18)20/h2-5,7-11,28-31,33H,6,12H2,1H3,(H,34,35)/b13-5+. The van der Waals surface area contributed by atoms with Crippen molar-refractivity contribution in [3.05, 3.63) is 83.1 Å². The number of carboxylic acids is 1. The highest BCUT2D eigenvalue weighted by atomic mass is 16.4. The van der Waals surface area contributed by atoms with E-state index in [1.54, 1.807) is 18.2 Å². The molecule has 0 fully saturated rings. The van der Waals surface area contributed by atoms with Crippen molar-refractivity contribution >= 4 is 33.6 Å². The highest BCUT2D eigenvalue weighted by Crippen LogP contribution is 2.43. The van der Waals surface area contributed by atoms with Gasteiger partial charge in [0.25, 0.3) is 0 Å². The van der Waals surface area contributed by atoms with Gasteiger partial charge in [-0.2, -0.15) is 0 Å². The third-order valence-corrected chi connectivity index (χ3v) is 6.18. The van der Waals surface area contributed by atoms with Gasteiger partial charge in [-0.05, 0) is 37.1 Å². The number of rotatable bonds is 7. The van der Waals surface area contributed by atoms with Gasteiger partial charge in [-0.3, -0.25) is 4.79 Å². The number of furan rings is 1. The van der Waals surface area contributed by atoms with Crippen LogP contribution in [0.3, 0.4) is 0 Å². The van der Waals surface area contributed by atoms with E-state index in [1.165, 1.54) is 24.5 Å². The van der Waals surface area contributed by atoms with Crippen LogP contribution in [0.5, 0.6) is 11.5 Å². The summed E-state index contributed by atoms with van der Waals surface area (Å²) in [5.74, 6) is -3.88. The number of fused-ring (bicyclic) bond motifs is 2. The number of hydrogen-bond donors (Lipinski definition) is 6. The van der Waals surface area contributed by atoms with E-state index in [9.17, 15) is 30.0 Å². The Labute approximate surface area is 203 Å². The van der Waals surface area contributed by atoms with Crippen LogP contribution in [-0.2, 0) is 6.42 Å². The first-order chi connectivity index (χ1) is 17.3. The molecule has 0 aliphatic carbocycles. The molecule has 0 radical (unpaired) electrons. The Morgan fingerprint density at radius 3 is 2.58 bits per heavy atom. The Hall–Kier alpha value is -4.76. The minimum absolute atomic E-state index is 0.0434. The zero-order chi connectivity index (χ0) is 25.6. The number of ketones is 1. The van der Waals surface area contributed by atoms with Gasteiger partial charge in [-0.25, -0.2) is 4.79 Å². The molecule has 3 aromatic heterocycles. The van der Waals surface area contributed by atoms with E-state index in [0.29, 0.717) is 28.2 Å². The number of aromatic amines is 2. The van der Waals surface area contributed by atoms with Crippen LogP contribution in [0.25, 0.3) is 32.9 Å². The van der Waals surface area contributed by atoms with Gasteiger partial charge in [0.05, 0.1) is 17.7 Å². The fourth-order valence-electron chi connectivity index (χ4n) is 4.34. The monoisotopic (exact) mass is 486 g/mol. The Morgan fingerprint density at radius 1 is 1.03 bits per heavy atom. The highest BCUT2D eigenvalue weighted by molar-refractivity contribution is 6.18. The molecule has 0 saturated carbocycles. The second kappa shape index (κ2) is 8.79. The van der Waals surface area contributed by atoms with Crippen LogP contribution in [0, 0.1) is 0 Å². The second-order valence-electron chi connectivity index (χ2n) is 8.51. The number of aliphatic hydroxyl groups excluding tert-OH is 1. The maximum atomic E-state index is 13.5. The topological polar surface area (TPSA) is 160 Å². The molecule has 0 saturated heterocycles. The van der Waals surface area contributed by atoms with Gasteiger partial charge < -0.3 is 34.8 Å². The van der Waals surface area contributed by atoms with E-state index < -0.39 is 29.0 Å². The molecular weight excluding hydrogens is 464 g/mol. The number of H-pyrrole nitrogens is 2. The zero-order valence-corrected chi connectivity index (χ0v) is 19.1. The second-order valence-corrected chi connectivity index (χ2v) is 8.51. The molecule has 182 valence electrons. The van der Waals surface area contributed by atoms with E-state index in [-0.39, 0.29) is 29.0 Å². The summed E-state index contributed by atoms with van der Waals surface area (Å²) in [7, 11) is 0. The van der Waals surface area contributed by atoms with Crippen LogP contribution < -0.4 is 0 Å². The molecule has 0 aliphatic heterocycles. The normalized spacial score (nSPS) is 12.0. The van der Waals surface area contributed by atoms with Crippen molar-refractivity contribution in [2.24, 2.45) is 0 Å². The molecule has 0 aliphatic rings. The number of carbonyl (C=O) groups is 2. The zero-order valence-electron chi connectivity index (χ0n) is 19.1. The van der Waals surface area contributed by atoms with Crippen molar-refractivity contribution in [1.29, 1.82) is 0 Å². The number of para-hydroxylation sites is 1. The smallest absolute Gasteiger partial charge is 0.372 e. The summed E-state index contributed by atoms with van der Waals surface area (Å²) >= 11 is 0. The Kier molecular flexibility index (Phi) is 5.62. The van der Waals surface area contributed by atoms with Crippen molar-refractivity contribution in [3.63, 3.8) is 0 Å². The summed E-state index contributed by atoms with van der Waals surface area (Å²) in [6.45, 7) is 1.77. The van der Waals surface area contributed by atoms with Gasteiger partial charge >= 0.3 is 5.97 Å². The first kappa shape index (κ1) is 23.0. The van der Waals surface area contributed by atoms with Gasteiger partial charge in [0.2, 0.25) is 17.3 Å². The molecule has 36 heavy (non-hydrogen) atoms. The van der Waals surface area contributed by atoms with Crippen LogP contribution in [0.15, 0.2) is 64.9 Å². The molecule has 0 spiro atoms. The van der Waals surface area contributed by atoms with Crippen molar-refractivity contribution < 1.29 is 34.4 Å². The molecule has 3 heterocycles. The first-order valence-corrected chi connectivity index (χ1v) is 11.1. The number of aromatic nitrogens is 2. The number of carbonyl (C=O) groups excluding carboxylic acids is 1. The number of phenolic OH excluding ortho intramolecular Hbond substituents is 1. The molecular formula is C27H22N2O7. The number of allylic oxidation sites excluding steroid dienone is 1. The third kappa shape index (κ3) is 3.71. The molecule has 0 unspecified atom stereocenters. The first-order valence-electron chi connectivity index (χ1n) is 11.1. The van der Waals surface area contributed by atoms with Crippen LogP contribution in [-0.4, -0.2) is 48.8 Å². The maximum Gasteiger partial charge on any atom is 0.372 e. The lowest BCUT2D eigenvalue weighted by molar-refractivity contribution is 0.0661. The lowest BCUT2D eigenvalue weighted by Gasteiger charge is -2.02. The average molecular weight is 486 g/mol. The minimum atomic E-state index is -1.46. The number of aromatic carboxylic acids is 1. The quantitative estimate of drug-likeness (QED) is 0.143. The lowest BCUT2D eigenvalue weighted by atomic mass is 10.0. The summed E-state index contributed by atoms with van der Waals surface area (Å²) in [6, 6.07) is 9.93. The van der Waals surface area contributed by atoms with E-state index in [2.05, 4.69) is 9.97 Å². The molecule has 0 amide bonds. The van der Waals surface area contributed by atoms with Gasteiger partial charge in [-0.15, -0.1) is 0 Å². The largest absolute Gasteiger partial charge is 0.508 e. The van der Waals surface area contributed by atoms with Crippen LogP contribution >= 0.6 is 0 Å². The van der Waals surface area contributed by atoms with Crippen molar-refractivity contribution in [1.82, 2.24) is 9.97 Å². The van der Waals surface area contributed by atoms with E-state index in [4.69, 9.17) is 4.42 Å². The number of nitrogens with one attached hydrogen (secondary N) is 2. The summed E-state index contributed by atoms with van der Waals surface area (Å²) in [4.78, 5) is 31.5. The third-order valence-electron chi connectivity index (χ3n) is 6.18. The fourth-order valence-corrected chi connectivity index (χ4v) is 4.34.